The highest BCUT2D eigenvalue weighted by molar-refractivity contribution is 5.81. The van der Waals surface area contributed by atoms with Crippen molar-refractivity contribution in [3.05, 3.63) is 29.8 Å². The summed E-state index contributed by atoms with van der Waals surface area (Å²) in [6.45, 7) is 5.83. The standard InChI is InChI=1S/C21H30N2O4/c1-3-4-16-5-8-19(20(13-16)26-2)27-15-18(24)14-22-9-11-23(12-10-22)21(25)17-6-7-17/h3-5,8,13,17-18,24H,6-7,9-12,14-15H2,1-2H3/b4-3-/t18-/m1/s1. The molecule has 3 rings (SSSR count). The summed E-state index contributed by atoms with van der Waals surface area (Å²) in [6.07, 6.45) is 5.48. The van der Waals surface area contributed by atoms with E-state index in [1.807, 2.05) is 42.2 Å². The number of piperazine rings is 1. The van der Waals surface area contributed by atoms with Crippen LogP contribution in [0.15, 0.2) is 24.3 Å². The van der Waals surface area contributed by atoms with Gasteiger partial charge >= 0.3 is 0 Å². The van der Waals surface area contributed by atoms with E-state index in [1.54, 1.807) is 7.11 Å². The summed E-state index contributed by atoms with van der Waals surface area (Å²) < 4.78 is 11.2. The highest BCUT2D eigenvalue weighted by Gasteiger charge is 2.34. The minimum atomic E-state index is -0.587. The van der Waals surface area contributed by atoms with Crippen LogP contribution in [0.3, 0.4) is 0 Å². The van der Waals surface area contributed by atoms with E-state index in [0.717, 1.165) is 44.6 Å². The van der Waals surface area contributed by atoms with E-state index in [2.05, 4.69) is 4.90 Å². The zero-order chi connectivity index (χ0) is 19.2. The zero-order valence-corrected chi connectivity index (χ0v) is 16.3. The maximum Gasteiger partial charge on any atom is 0.225 e. The molecule has 1 saturated heterocycles. The first-order valence-corrected chi connectivity index (χ1v) is 9.73. The van der Waals surface area contributed by atoms with Crippen LogP contribution < -0.4 is 9.47 Å². The predicted octanol–water partition coefficient (Wildman–Crippen LogP) is 2.02. The molecule has 1 aliphatic carbocycles. The van der Waals surface area contributed by atoms with Gasteiger partial charge in [-0.25, -0.2) is 0 Å². The minimum absolute atomic E-state index is 0.209. The first-order valence-electron chi connectivity index (χ1n) is 9.73. The third kappa shape index (κ3) is 5.47. The minimum Gasteiger partial charge on any atom is -0.493 e. The Morgan fingerprint density at radius 3 is 2.63 bits per heavy atom. The maximum absolute atomic E-state index is 12.1. The molecule has 0 unspecified atom stereocenters. The van der Waals surface area contributed by atoms with Gasteiger partial charge in [0.25, 0.3) is 0 Å². The summed E-state index contributed by atoms with van der Waals surface area (Å²) >= 11 is 0. The fraction of sp³-hybridized carbons (Fsp3) is 0.571. The number of allylic oxidation sites excluding steroid dienone is 1. The fourth-order valence-electron chi connectivity index (χ4n) is 3.38. The SMILES string of the molecule is C/C=C\c1ccc(OC[C@H](O)CN2CCN(C(=O)C3CC3)CC2)c(OC)c1. The molecule has 0 spiro atoms. The van der Waals surface area contributed by atoms with Crippen LogP contribution in [-0.4, -0.2) is 73.4 Å². The number of methoxy groups -OCH3 is 1. The average molecular weight is 374 g/mol. The van der Waals surface area contributed by atoms with Crippen molar-refractivity contribution in [3.63, 3.8) is 0 Å². The molecule has 6 heteroatoms. The van der Waals surface area contributed by atoms with Gasteiger partial charge in [-0.05, 0) is 37.5 Å². The van der Waals surface area contributed by atoms with Gasteiger partial charge in [-0.1, -0.05) is 18.2 Å². The Balaban J connectivity index is 1.43. The molecule has 1 aliphatic heterocycles. The molecule has 1 aromatic rings. The van der Waals surface area contributed by atoms with E-state index in [-0.39, 0.29) is 12.5 Å². The maximum atomic E-state index is 12.1. The van der Waals surface area contributed by atoms with E-state index >= 15 is 0 Å². The summed E-state index contributed by atoms with van der Waals surface area (Å²) in [5.41, 5.74) is 1.04. The first kappa shape index (κ1) is 19.7. The van der Waals surface area contributed by atoms with Crippen LogP contribution in [0.1, 0.15) is 25.3 Å². The van der Waals surface area contributed by atoms with Gasteiger partial charge < -0.3 is 19.5 Å². The predicted molar refractivity (Wildman–Crippen MR) is 105 cm³/mol. The molecule has 1 amide bonds. The summed E-state index contributed by atoms with van der Waals surface area (Å²) in [4.78, 5) is 16.3. The molecule has 1 atom stereocenters. The smallest absolute Gasteiger partial charge is 0.225 e. The van der Waals surface area contributed by atoms with Gasteiger partial charge in [-0.3, -0.25) is 9.69 Å². The number of carbonyl (C=O) groups excluding carboxylic acids is 1. The number of rotatable bonds is 8. The Morgan fingerprint density at radius 1 is 1.26 bits per heavy atom. The van der Waals surface area contributed by atoms with Gasteiger partial charge in [-0.15, -0.1) is 0 Å². The highest BCUT2D eigenvalue weighted by Crippen LogP contribution is 2.31. The lowest BCUT2D eigenvalue weighted by atomic mass is 10.2. The van der Waals surface area contributed by atoms with E-state index < -0.39 is 6.10 Å². The van der Waals surface area contributed by atoms with Crippen molar-refractivity contribution in [1.29, 1.82) is 0 Å². The van der Waals surface area contributed by atoms with Gasteiger partial charge in [0.2, 0.25) is 5.91 Å². The molecule has 1 aromatic carbocycles. The van der Waals surface area contributed by atoms with E-state index in [9.17, 15) is 9.90 Å². The Labute approximate surface area is 161 Å². The molecule has 6 nitrogen and oxygen atoms in total. The lowest BCUT2D eigenvalue weighted by molar-refractivity contribution is -0.134. The second kappa shape index (κ2) is 9.24. The lowest BCUT2D eigenvalue weighted by Gasteiger charge is -2.35. The number of aliphatic hydroxyl groups excluding tert-OH is 1. The van der Waals surface area contributed by atoms with Crippen LogP contribution in [0, 0.1) is 5.92 Å². The molecular weight excluding hydrogens is 344 g/mol. The van der Waals surface area contributed by atoms with Crippen LogP contribution in [0.5, 0.6) is 11.5 Å². The van der Waals surface area contributed by atoms with Crippen LogP contribution in [0.4, 0.5) is 0 Å². The third-order valence-electron chi connectivity index (χ3n) is 5.06. The van der Waals surface area contributed by atoms with Gasteiger partial charge in [0.15, 0.2) is 11.5 Å². The quantitative estimate of drug-likeness (QED) is 0.754. The molecule has 1 saturated carbocycles. The number of β-amino-alcohol motifs (C(OH)–C–C–N with tert-alkyl or cyclic N) is 1. The molecular formula is C21H30N2O4. The summed E-state index contributed by atoms with van der Waals surface area (Å²) in [5.74, 6) is 1.88. The molecule has 2 aliphatic rings. The molecule has 0 bridgehead atoms. The molecule has 2 fully saturated rings. The number of carbonyl (C=O) groups is 1. The second-order valence-electron chi connectivity index (χ2n) is 7.28. The Morgan fingerprint density at radius 2 is 2.00 bits per heavy atom. The van der Waals surface area contributed by atoms with Crippen LogP contribution in [0.2, 0.25) is 0 Å². The van der Waals surface area contributed by atoms with Crippen LogP contribution in [-0.2, 0) is 4.79 Å². The van der Waals surface area contributed by atoms with Gasteiger partial charge in [0, 0.05) is 38.6 Å². The summed E-state index contributed by atoms with van der Waals surface area (Å²) in [5, 5.41) is 10.3. The number of hydrogen-bond acceptors (Lipinski definition) is 5. The molecule has 1 N–H and O–H groups in total. The number of aliphatic hydroxyl groups is 1. The highest BCUT2D eigenvalue weighted by atomic mass is 16.5. The molecule has 148 valence electrons. The zero-order valence-electron chi connectivity index (χ0n) is 16.3. The van der Waals surface area contributed by atoms with Crippen LogP contribution >= 0.6 is 0 Å². The lowest BCUT2D eigenvalue weighted by Crippen LogP contribution is -2.51. The largest absolute Gasteiger partial charge is 0.493 e. The molecule has 0 radical (unpaired) electrons. The average Bonchev–Trinajstić information content (AvgIpc) is 3.52. The Bertz CT molecular complexity index is 664. The van der Waals surface area contributed by atoms with Crippen molar-refractivity contribution in [2.45, 2.75) is 25.9 Å². The normalized spacial score (nSPS) is 19.3. The topological polar surface area (TPSA) is 62.2 Å². The number of nitrogens with zero attached hydrogens (tertiary/aromatic N) is 2. The van der Waals surface area contributed by atoms with Gasteiger partial charge in [-0.2, -0.15) is 0 Å². The van der Waals surface area contributed by atoms with Crippen molar-refractivity contribution in [2.75, 3.05) is 46.4 Å². The van der Waals surface area contributed by atoms with Gasteiger partial charge in [0.1, 0.15) is 12.7 Å². The van der Waals surface area contributed by atoms with Crippen molar-refractivity contribution in [2.24, 2.45) is 5.92 Å². The van der Waals surface area contributed by atoms with Gasteiger partial charge in [0.05, 0.1) is 7.11 Å². The van der Waals surface area contributed by atoms with E-state index in [4.69, 9.17) is 9.47 Å². The summed E-state index contributed by atoms with van der Waals surface area (Å²) in [6, 6.07) is 5.74. The molecule has 0 aromatic heterocycles. The number of amides is 1. The first-order chi connectivity index (χ1) is 13.1. The van der Waals surface area contributed by atoms with E-state index in [0.29, 0.717) is 24.0 Å². The van der Waals surface area contributed by atoms with Crippen molar-refractivity contribution >= 4 is 12.0 Å². The number of ether oxygens (including phenoxy) is 2. The fourth-order valence-corrected chi connectivity index (χ4v) is 3.38. The molecule has 27 heavy (non-hydrogen) atoms. The van der Waals surface area contributed by atoms with Crippen molar-refractivity contribution in [3.8, 4) is 11.5 Å². The van der Waals surface area contributed by atoms with E-state index in [1.165, 1.54) is 0 Å². The monoisotopic (exact) mass is 374 g/mol. The van der Waals surface area contributed by atoms with Crippen molar-refractivity contribution in [1.82, 2.24) is 9.80 Å². The number of benzene rings is 1. The van der Waals surface area contributed by atoms with Crippen LogP contribution in [0.25, 0.3) is 6.08 Å². The van der Waals surface area contributed by atoms with Crippen molar-refractivity contribution < 1.29 is 19.4 Å². The Hall–Kier alpha value is -2.05. The summed E-state index contributed by atoms with van der Waals surface area (Å²) in [7, 11) is 1.61. The second-order valence-corrected chi connectivity index (χ2v) is 7.28. The molecule has 1 heterocycles. The number of hydrogen-bond donors (Lipinski definition) is 1. The third-order valence-corrected chi connectivity index (χ3v) is 5.06. The Kier molecular flexibility index (Phi) is 6.74.